The summed E-state index contributed by atoms with van der Waals surface area (Å²) < 4.78 is 58.2. The first kappa shape index (κ1) is 24.7. The molecule has 3 rings (SSSR count). The van der Waals surface area contributed by atoms with E-state index in [0.717, 1.165) is 12.1 Å². The van der Waals surface area contributed by atoms with Crippen LogP contribution < -0.4 is 10.6 Å². The topological polar surface area (TPSA) is 96.1 Å². The van der Waals surface area contributed by atoms with Crippen molar-refractivity contribution in [1.82, 2.24) is 9.97 Å². The van der Waals surface area contributed by atoms with E-state index in [9.17, 15) is 27.2 Å². The number of aryl methyl sites for hydroxylation is 1. The maximum atomic E-state index is 13.3. The summed E-state index contributed by atoms with van der Waals surface area (Å²) in [4.78, 5) is 30.5. The van der Waals surface area contributed by atoms with Crippen molar-refractivity contribution in [2.45, 2.75) is 39.5 Å². The van der Waals surface area contributed by atoms with Gasteiger partial charge in [-0.15, -0.1) is 0 Å². The molecule has 0 aliphatic carbocycles. The summed E-state index contributed by atoms with van der Waals surface area (Å²) in [6.07, 6.45) is -5.54. The van der Waals surface area contributed by atoms with Gasteiger partial charge < -0.3 is 15.0 Å². The van der Waals surface area contributed by atoms with E-state index in [0.29, 0.717) is 11.3 Å². The summed E-state index contributed by atoms with van der Waals surface area (Å²) in [5, 5.41) is 5.05. The van der Waals surface area contributed by atoms with E-state index in [4.69, 9.17) is 4.74 Å². The Balaban J connectivity index is 1.90. The highest BCUT2D eigenvalue weighted by molar-refractivity contribution is 6.07. The van der Waals surface area contributed by atoms with Gasteiger partial charge in [-0.1, -0.05) is 6.07 Å². The minimum Gasteiger partial charge on any atom is -0.444 e. The molecule has 0 spiro atoms. The number of amides is 2. The van der Waals surface area contributed by atoms with Crippen LogP contribution in [0.15, 0.2) is 42.5 Å². The Kier molecular flexibility index (Phi) is 6.67. The standard InChI is InChI=1S/C23H22F4N4O3/c1-12-5-10-15(11-16(12)29-21(33)34-22(2,3)4)28-19(32)18-17(13-6-8-14(24)9-7-13)30-20(31-18)23(25,26)27/h5-11H,1-4H3,(H,28,32)(H,29,33)(H,30,31). The Labute approximate surface area is 192 Å². The van der Waals surface area contributed by atoms with E-state index in [-0.39, 0.29) is 16.9 Å². The van der Waals surface area contributed by atoms with Crippen molar-refractivity contribution < 1.29 is 31.9 Å². The number of benzene rings is 2. The quantitative estimate of drug-likeness (QED) is 0.393. The van der Waals surface area contributed by atoms with Crippen LogP contribution in [0.5, 0.6) is 0 Å². The minimum absolute atomic E-state index is 0.144. The highest BCUT2D eigenvalue weighted by Gasteiger charge is 2.37. The number of hydrogen-bond donors (Lipinski definition) is 3. The molecule has 0 bridgehead atoms. The van der Waals surface area contributed by atoms with Crippen molar-refractivity contribution in [3.8, 4) is 11.3 Å². The second kappa shape index (κ2) is 9.16. The van der Waals surface area contributed by atoms with Crippen molar-refractivity contribution in [3.63, 3.8) is 0 Å². The number of anilines is 2. The summed E-state index contributed by atoms with van der Waals surface area (Å²) >= 11 is 0. The molecule has 34 heavy (non-hydrogen) atoms. The smallest absolute Gasteiger partial charge is 0.444 e. The first-order valence-corrected chi connectivity index (χ1v) is 10.1. The normalized spacial score (nSPS) is 11.8. The molecule has 1 heterocycles. The van der Waals surface area contributed by atoms with Crippen molar-refractivity contribution >= 4 is 23.4 Å². The highest BCUT2D eigenvalue weighted by atomic mass is 19.4. The molecule has 3 N–H and O–H groups in total. The number of halogens is 4. The molecule has 0 aliphatic heterocycles. The zero-order valence-electron chi connectivity index (χ0n) is 18.7. The van der Waals surface area contributed by atoms with Crippen LogP contribution in [0.2, 0.25) is 0 Å². The molecule has 0 aliphatic rings. The molecule has 0 fully saturated rings. The number of H-pyrrole nitrogens is 1. The summed E-state index contributed by atoms with van der Waals surface area (Å²) in [7, 11) is 0. The van der Waals surface area contributed by atoms with Crippen molar-refractivity contribution in [3.05, 3.63) is 65.4 Å². The fourth-order valence-electron chi connectivity index (χ4n) is 2.94. The summed E-state index contributed by atoms with van der Waals surface area (Å²) in [6.45, 7) is 6.82. The molecule has 0 saturated heterocycles. The van der Waals surface area contributed by atoms with E-state index < -0.39 is 41.1 Å². The van der Waals surface area contributed by atoms with Crippen LogP contribution in [-0.4, -0.2) is 27.6 Å². The van der Waals surface area contributed by atoms with Crippen molar-refractivity contribution in [1.29, 1.82) is 0 Å². The molecule has 0 saturated carbocycles. The van der Waals surface area contributed by atoms with E-state index >= 15 is 0 Å². The zero-order valence-corrected chi connectivity index (χ0v) is 18.7. The van der Waals surface area contributed by atoms with E-state index in [1.807, 2.05) is 0 Å². The van der Waals surface area contributed by atoms with Crippen LogP contribution in [0.25, 0.3) is 11.3 Å². The average molecular weight is 478 g/mol. The summed E-state index contributed by atoms with van der Waals surface area (Å²) in [5.74, 6) is -2.89. The molecule has 2 amide bonds. The fraction of sp³-hybridized carbons (Fsp3) is 0.261. The molecule has 0 atom stereocenters. The number of aromatic nitrogens is 2. The number of carbonyl (C=O) groups excluding carboxylic acids is 2. The molecule has 1 aromatic heterocycles. The number of ether oxygens (including phenoxy) is 1. The molecular formula is C23H22F4N4O3. The molecule has 7 nitrogen and oxygen atoms in total. The summed E-state index contributed by atoms with van der Waals surface area (Å²) in [6, 6.07) is 9.13. The van der Waals surface area contributed by atoms with Gasteiger partial charge in [0.25, 0.3) is 5.91 Å². The van der Waals surface area contributed by atoms with Gasteiger partial charge in [0.2, 0.25) is 5.82 Å². The molecular weight excluding hydrogens is 456 g/mol. The Hall–Kier alpha value is -3.89. The number of carbonyl (C=O) groups is 2. The third-order valence-corrected chi connectivity index (χ3v) is 4.45. The molecule has 0 radical (unpaired) electrons. The molecule has 3 aromatic rings. The Morgan fingerprint density at radius 2 is 1.65 bits per heavy atom. The Bertz CT molecular complexity index is 1210. The van der Waals surface area contributed by atoms with E-state index in [2.05, 4.69) is 20.6 Å². The monoisotopic (exact) mass is 478 g/mol. The van der Waals surface area contributed by atoms with Gasteiger partial charge in [-0.2, -0.15) is 13.2 Å². The van der Waals surface area contributed by atoms with Gasteiger partial charge in [0, 0.05) is 16.9 Å². The molecule has 0 unspecified atom stereocenters. The third-order valence-electron chi connectivity index (χ3n) is 4.45. The molecule has 2 aromatic carbocycles. The van der Waals surface area contributed by atoms with Crippen LogP contribution in [0.3, 0.4) is 0 Å². The van der Waals surface area contributed by atoms with E-state index in [1.165, 1.54) is 24.3 Å². The van der Waals surface area contributed by atoms with Gasteiger partial charge in [0.1, 0.15) is 11.4 Å². The maximum Gasteiger partial charge on any atom is 0.449 e. The lowest BCUT2D eigenvalue weighted by Gasteiger charge is -2.20. The van der Waals surface area contributed by atoms with Crippen LogP contribution in [0.1, 0.15) is 42.6 Å². The number of imidazole rings is 1. The lowest BCUT2D eigenvalue weighted by Crippen LogP contribution is -2.27. The fourth-order valence-corrected chi connectivity index (χ4v) is 2.94. The second-order valence-corrected chi connectivity index (χ2v) is 8.42. The van der Waals surface area contributed by atoms with Crippen LogP contribution in [0.4, 0.5) is 33.7 Å². The van der Waals surface area contributed by atoms with Crippen molar-refractivity contribution in [2.24, 2.45) is 0 Å². The van der Waals surface area contributed by atoms with E-state index in [1.54, 1.807) is 33.8 Å². The minimum atomic E-state index is -4.83. The predicted octanol–water partition coefficient (Wildman–Crippen LogP) is 6.14. The van der Waals surface area contributed by atoms with Gasteiger partial charge in [-0.25, -0.2) is 14.2 Å². The molecule has 11 heteroatoms. The van der Waals surface area contributed by atoms with Gasteiger partial charge in [0.05, 0.1) is 5.69 Å². The largest absolute Gasteiger partial charge is 0.449 e. The zero-order chi connectivity index (χ0) is 25.3. The SMILES string of the molecule is Cc1ccc(NC(=O)c2nc(C(F)(F)F)[nH]c2-c2ccc(F)cc2)cc1NC(=O)OC(C)(C)C. The number of hydrogen-bond acceptors (Lipinski definition) is 4. The van der Waals surface area contributed by atoms with Crippen LogP contribution in [0, 0.1) is 12.7 Å². The van der Waals surface area contributed by atoms with Crippen molar-refractivity contribution in [2.75, 3.05) is 10.6 Å². The van der Waals surface area contributed by atoms with Gasteiger partial charge in [-0.3, -0.25) is 10.1 Å². The number of rotatable bonds is 4. The van der Waals surface area contributed by atoms with Gasteiger partial charge >= 0.3 is 12.3 Å². The number of alkyl halides is 3. The summed E-state index contributed by atoms with van der Waals surface area (Å²) in [5.41, 5.74) is -0.130. The average Bonchev–Trinajstić information content (AvgIpc) is 3.16. The first-order valence-electron chi connectivity index (χ1n) is 10.1. The second-order valence-electron chi connectivity index (χ2n) is 8.42. The lowest BCUT2D eigenvalue weighted by molar-refractivity contribution is -0.144. The number of nitrogens with one attached hydrogen (secondary N) is 3. The number of aromatic amines is 1. The van der Waals surface area contributed by atoms with Gasteiger partial charge in [0.15, 0.2) is 5.69 Å². The third kappa shape index (κ3) is 6.12. The maximum absolute atomic E-state index is 13.3. The first-order chi connectivity index (χ1) is 15.7. The molecule has 180 valence electrons. The van der Waals surface area contributed by atoms with Crippen LogP contribution >= 0.6 is 0 Å². The number of nitrogens with zero attached hydrogens (tertiary/aromatic N) is 1. The highest BCUT2D eigenvalue weighted by Crippen LogP contribution is 2.32. The lowest BCUT2D eigenvalue weighted by atomic mass is 10.1. The van der Waals surface area contributed by atoms with Gasteiger partial charge in [-0.05, 0) is 69.7 Å². The Morgan fingerprint density at radius 1 is 1.00 bits per heavy atom. The predicted molar refractivity (Wildman–Crippen MR) is 118 cm³/mol. The Morgan fingerprint density at radius 3 is 2.24 bits per heavy atom. The van der Waals surface area contributed by atoms with Crippen LogP contribution in [-0.2, 0) is 10.9 Å².